The number of rotatable bonds is 4. The van der Waals surface area contributed by atoms with Crippen molar-refractivity contribution >= 4 is 17.3 Å². The van der Waals surface area contributed by atoms with Crippen molar-refractivity contribution < 1.29 is 9.53 Å². The minimum absolute atomic E-state index is 0.188. The van der Waals surface area contributed by atoms with E-state index in [1.54, 1.807) is 13.3 Å². The number of pyridine rings is 2. The van der Waals surface area contributed by atoms with Crippen LogP contribution in [0.25, 0.3) is 11.1 Å². The molecule has 1 aliphatic rings. The number of hydrogen-bond acceptors (Lipinski definition) is 5. The maximum atomic E-state index is 11.9. The Kier molecular flexibility index (Phi) is 4.35. The molecular formula is C21H19N3O2. The van der Waals surface area contributed by atoms with E-state index in [0.29, 0.717) is 6.42 Å². The second-order valence-corrected chi connectivity index (χ2v) is 6.25. The summed E-state index contributed by atoms with van der Waals surface area (Å²) in [6, 6.07) is 13.5. The van der Waals surface area contributed by atoms with E-state index < -0.39 is 0 Å². The Labute approximate surface area is 152 Å². The van der Waals surface area contributed by atoms with E-state index in [1.165, 1.54) is 0 Å². The summed E-state index contributed by atoms with van der Waals surface area (Å²) < 4.78 is 5.55. The molecule has 130 valence electrons. The van der Waals surface area contributed by atoms with Gasteiger partial charge in [-0.25, -0.2) is 4.98 Å². The van der Waals surface area contributed by atoms with Gasteiger partial charge in [0.2, 0.25) is 0 Å². The second-order valence-electron chi connectivity index (χ2n) is 6.25. The maximum absolute atomic E-state index is 11.9. The van der Waals surface area contributed by atoms with E-state index in [0.717, 1.165) is 52.5 Å². The van der Waals surface area contributed by atoms with Gasteiger partial charge >= 0.3 is 0 Å². The highest BCUT2D eigenvalue weighted by Gasteiger charge is 2.18. The lowest BCUT2D eigenvalue weighted by atomic mass is 9.95. The Hall–Kier alpha value is -3.21. The fraction of sp³-hybridized carbons (Fsp3) is 0.190. The molecule has 0 saturated heterocycles. The Morgan fingerprint density at radius 2 is 1.96 bits per heavy atom. The third-order valence-electron chi connectivity index (χ3n) is 4.54. The summed E-state index contributed by atoms with van der Waals surface area (Å²) in [4.78, 5) is 20.7. The average molecular weight is 345 g/mol. The van der Waals surface area contributed by atoms with Crippen LogP contribution in [0.4, 0.5) is 11.5 Å². The first kappa shape index (κ1) is 16.3. The number of hydrogen-bond donors (Lipinski definition) is 1. The molecule has 1 aliphatic carbocycles. The van der Waals surface area contributed by atoms with E-state index >= 15 is 0 Å². The Morgan fingerprint density at radius 3 is 2.77 bits per heavy atom. The van der Waals surface area contributed by atoms with Crippen LogP contribution < -0.4 is 10.1 Å². The number of benzene rings is 1. The van der Waals surface area contributed by atoms with Gasteiger partial charge in [-0.05, 0) is 43.2 Å². The number of fused-ring (bicyclic) bond motifs is 1. The molecule has 0 atom stereocenters. The smallest absolute Gasteiger partial charge is 0.164 e. The van der Waals surface area contributed by atoms with Crippen LogP contribution in [-0.4, -0.2) is 22.9 Å². The number of methoxy groups -OCH3 is 1. The maximum Gasteiger partial charge on any atom is 0.164 e. The van der Waals surface area contributed by atoms with E-state index in [-0.39, 0.29) is 5.78 Å². The first-order chi connectivity index (χ1) is 12.7. The summed E-state index contributed by atoms with van der Waals surface area (Å²) in [5, 5.41) is 3.30. The predicted molar refractivity (Wildman–Crippen MR) is 101 cm³/mol. The fourth-order valence-electron chi connectivity index (χ4n) is 3.24. The van der Waals surface area contributed by atoms with Gasteiger partial charge in [0.25, 0.3) is 0 Å². The van der Waals surface area contributed by atoms with Gasteiger partial charge in [0.05, 0.1) is 12.8 Å². The first-order valence-corrected chi connectivity index (χ1v) is 8.63. The summed E-state index contributed by atoms with van der Waals surface area (Å²) in [5.41, 5.74) is 4.50. The highest BCUT2D eigenvalue weighted by Crippen LogP contribution is 2.33. The van der Waals surface area contributed by atoms with Gasteiger partial charge in [-0.3, -0.25) is 9.78 Å². The van der Waals surface area contributed by atoms with Crippen LogP contribution in [0.1, 0.15) is 28.9 Å². The normalized spacial score (nSPS) is 13.2. The predicted octanol–water partition coefficient (Wildman–Crippen LogP) is 4.41. The Bertz CT molecular complexity index is 955. The number of ether oxygens (including phenoxy) is 1. The molecule has 2 heterocycles. The van der Waals surface area contributed by atoms with Gasteiger partial charge in [-0.2, -0.15) is 0 Å². The van der Waals surface area contributed by atoms with Crippen LogP contribution in [0.5, 0.6) is 5.75 Å². The molecule has 2 aromatic heterocycles. The second kappa shape index (κ2) is 6.96. The number of aryl methyl sites for hydroxylation is 1. The molecule has 5 heteroatoms. The summed E-state index contributed by atoms with van der Waals surface area (Å²) >= 11 is 0. The van der Waals surface area contributed by atoms with Gasteiger partial charge < -0.3 is 10.1 Å². The number of nitrogens with one attached hydrogen (secondary N) is 1. The minimum Gasteiger partial charge on any atom is -0.496 e. The van der Waals surface area contributed by atoms with Gasteiger partial charge in [-0.1, -0.05) is 6.07 Å². The minimum atomic E-state index is 0.188. The molecule has 26 heavy (non-hydrogen) atoms. The monoisotopic (exact) mass is 345 g/mol. The quantitative estimate of drug-likeness (QED) is 0.758. The fourth-order valence-corrected chi connectivity index (χ4v) is 3.24. The average Bonchev–Trinajstić information content (AvgIpc) is 2.69. The molecular weight excluding hydrogens is 326 g/mol. The van der Waals surface area contributed by atoms with Gasteiger partial charge in [0.1, 0.15) is 11.6 Å². The van der Waals surface area contributed by atoms with Crippen molar-refractivity contribution in [2.24, 2.45) is 0 Å². The molecule has 4 rings (SSSR count). The molecule has 0 fully saturated rings. The van der Waals surface area contributed by atoms with Crippen molar-refractivity contribution in [1.29, 1.82) is 0 Å². The lowest BCUT2D eigenvalue weighted by molar-refractivity contribution is 0.0971. The molecule has 0 aliphatic heterocycles. The van der Waals surface area contributed by atoms with Gasteiger partial charge in [0, 0.05) is 47.3 Å². The standard InChI is InChI=1S/C21H19N3O2/c1-26-20-12-15(7-8-16(20)14-4-3-11-22-13-14)23-21-10-9-17-18(24-21)5-2-6-19(17)25/h3-4,7-13H,2,5-6H2,1H3,(H,23,24). The van der Waals surface area contributed by atoms with E-state index in [1.807, 2.05) is 48.7 Å². The topological polar surface area (TPSA) is 64.1 Å². The number of Topliss-reactive ketones (excluding diaryl/α,β-unsaturated/α-hetero) is 1. The van der Waals surface area contributed by atoms with E-state index in [4.69, 9.17) is 4.74 Å². The molecule has 1 aromatic carbocycles. The molecule has 5 nitrogen and oxygen atoms in total. The van der Waals surface area contributed by atoms with Crippen molar-refractivity contribution in [2.45, 2.75) is 19.3 Å². The van der Waals surface area contributed by atoms with E-state index in [2.05, 4.69) is 15.3 Å². The van der Waals surface area contributed by atoms with Crippen LogP contribution in [0.2, 0.25) is 0 Å². The zero-order valence-electron chi connectivity index (χ0n) is 14.5. The number of anilines is 2. The lowest BCUT2D eigenvalue weighted by Gasteiger charge is -2.16. The summed E-state index contributed by atoms with van der Waals surface area (Å²) in [7, 11) is 1.65. The van der Waals surface area contributed by atoms with Crippen molar-refractivity contribution in [1.82, 2.24) is 9.97 Å². The van der Waals surface area contributed by atoms with Gasteiger partial charge in [-0.15, -0.1) is 0 Å². The highest BCUT2D eigenvalue weighted by molar-refractivity contribution is 5.98. The number of nitrogens with zero attached hydrogens (tertiary/aromatic N) is 2. The zero-order chi connectivity index (χ0) is 17.9. The summed E-state index contributed by atoms with van der Waals surface area (Å²) in [6.45, 7) is 0. The van der Waals surface area contributed by atoms with E-state index in [9.17, 15) is 4.79 Å². The van der Waals surface area contributed by atoms with Crippen molar-refractivity contribution in [3.8, 4) is 16.9 Å². The van der Waals surface area contributed by atoms with Crippen LogP contribution in [-0.2, 0) is 6.42 Å². The molecule has 0 spiro atoms. The first-order valence-electron chi connectivity index (χ1n) is 8.63. The third-order valence-corrected chi connectivity index (χ3v) is 4.54. The number of aromatic nitrogens is 2. The molecule has 1 N–H and O–H groups in total. The molecule has 3 aromatic rings. The lowest BCUT2D eigenvalue weighted by Crippen LogP contribution is -2.13. The summed E-state index contributed by atoms with van der Waals surface area (Å²) in [5.74, 6) is 1.68. The van der Waals surface area contributed by atoms with Crippen LogP contribution in [0.15, 0.2) is 54.9 Å². The molecule has 0 saturated carbocycles. The summed E-state index contributed by atoms with van der Waals surface area (Å²) in [6.07, 6.45) is 5.90. The number of carbonyl (C=O) groups is 1. The Morgan fingerprint density at radius 1 is 1.08 bits per heavy atom. The largest absolute Gasteiger partial charge is 0.496 e. The SMILES string of the molecule is COc1cc(Nc2ccc3c(n2)CCCC3=O)ccc1-c1cccnc1. The van der Waals surface area contributed by atoms with Crippen molar-refractivity contribution in [2.75, 3.05) is 12.4 Å². The third kappa shape index (κ3) is 3.16. The highest BCUT2D eigenvalue weighted by atomic mass is 16.5. The Balaban J connectivity index is 1.62. The number of carbonyl (C=O) groups excluding carboxylic acids is 1. The number of ketones is 1. The van der Waals surface area contributed by atoms with Crippen molar-refractivity contribution in [3.05, 3.63) is 66.1 Å². The molecule has 0 amide bonds. The van der Waals surface area contributed by atoms with Gasteiger partial charge in [0.15, 0.2) is 5.78 Å². The molecule has 0 radical (unpaired) electrons. The van der Waals surface area contributed by atoms with Crippen molar-refractivity contribution in [3.63, 3.8) is 0 Å². The molecule has 0 unspecified atom stereocenters. The molecule has 0 bridgehead atoms. The van der Waals surface area contributed by atoms with Crippen LogP contribution in [0, 0.1) is 0 Å². The zero-order valence-corrected chi connectivity index (χ0v) is 14.5. The van der Waals surface area contributed by atoms with Crippen LogP contribution in [0.3, 0.4) is 0 Å². The van der Waals surface area contributed by atoms with Crippen LogP contribution >= 0.6 is 0 Å².